The molecule has 0 bridgehead atoms. The van der Waals surface area contributed by atoms with Crippen molar-refractivity contribution in [3.63, 3.8) is 0 Å². The first-order valence-corrected chi connectivity index (χ1v) is 5.24. The minimum Gasteiger partial charge on any atom is -0.207 e. The van der Waals surface area contributed by atoms with E-state index < -0.39 is 0 Å². The smallest absolute Gasteiger partial charge is 0.126 e. The molecule has 0 aliphatic rings. The van der Waals surface area contributed by atoms with E-state index in [9.17, 15) is 4.39 Å². The molecule has 0 aliphatic carbocycles. The van der Waals surface area contributed by atoms with Crippen LogP contribution in [0.4, 0.5) is 4.39 Å². The minimum absolute atomic E-state index is 0.178. The first kappa shape index (κ1) is 10.8. The molecule has 13 heavy (non-hydrogen) atoms. The summed E-state index contributed by atoms with van der Waals surface area (Å²) >= 11 is 11.2. The molecular formula is C10H11Cl2F. The first-order valence-electron chi connectivity index (χ1n) is 4.17. The van der Waals surface area contributed by atoms with Gasteiger partial charge in [0.25, 0.3) is 0 Å². The van der Waals surface area contributed by atoms with E-state index >= 15 is 0 Å². The first-order chi connectivity index (χ1) is 6.29. The predicted molar refractivity (Wildman–Crippen MR) is 55.0 cm³/mol. The third-order valence-electron chi connectivity index (χ3n) is 1.92. The fraction of sp³-hybridized carbons (Fsp3) is 0.400. The van der Waals surface area contributed by atoms with E-state index in [0.29, 0.717) is 23.7 Å². The predicted octanol–water partition coefficient (Wildman–Crippen LogP) is 3.74. The zero-order valence-electron chi connectivity index (χ0n) is 7.19. The fourth-order valence-corrected chi connectivity index (χ4v) is 1.64. The van der Waals surface area contributed by atoms with Crippen molar-refractivity contribution in [1.82, 2.24) is 0 Å². The zero-order valence-corrected chi connectivity index (χ0v) is 8.71. The molecule has 1 rings (SSSR count). The normalized spacial score (nSPS) is 10.4. The number of benzene rings is 1. The van der Waals surface area contributed by atoms with Gasteiger partial charge in [0.15, 0.2) is 0 Å². The molecule has 0 N–H and O–H groups in total. The molecule has 0 heterocycles. The Balaban J connectivity index is 2.87. The van der Waals surface area contributed by atoms with Crippen LogP contribution in [-0.2, 0) is 12.3 Å². The van der Waals surface area contributed by atoms with Crippen LogP contribution in [0, 0.1) is 5.82 Å². The highest BCUT2D eigenvalue weighted by atomic mass is 35.5. The second-order valence-corrected chi connectivity index (χ2v) is 3.45. The summed E-state index contributed by atoms with van der Waals surface area (Å²) in [5.74, 6) is 0.731. The van der Waals surface area contributed by atoms with E-state index in [4.69, 9.17) is 23.2 Å². The number of halogens is 3. The standard InChI is InChI=1S/C10H11Cl2F/c11-6-2-4-9-8(7-12)3-1-5-10(9)13/h1,3,5H,2,4,6-7H2. The van der Waals surface area contributed by atoms with E-state index in [0.717, 1.165) is 12.0 Å². The molecule has 0 amide bonds. The third-order valence-corrected chi connectivity index (χ3v) is 2.48. The Labute approximate surface area is 87.7 Å². The van der Waals surface area contributed by atoms with Crippen LogP contribution < -0.4 is 0 Å². The second-order valence-electron chi connectivity index (χ2n) is 2.80. The summed E-state index contributed by atoms with van der Waals surface area (Å²) in [5.41, 5.74) is 1.57. The van der Waals surface area contributed by atoms with Gasteiger partial charge in [0.05, 0.1) is 0 Å². The van der Waals surface area contributed by atoms with Crippen LogP contribution in [0.15, 0.2) is 18.2 Å². The second kappa shape index (κ2) is 5.46. The van der Waals surface area contributed by atoms with Crippen molar-refractivity contribution in [1.29, 1.82) is 0 Å². The van der Waals surface area contributed by atoms with E-state index in [1.165, 1.54) is 6.07 Å². The van der Waals surface area contributed by atoms with Crippen LogP contribution in [0.5, 0.6) is 0 Å². The van der Waals surface area contributed by atoms with E-state index in [2.05, 4.69) is 0 Å². The molecule has 0 radical (unpaired) electrons. The number of rotatable bonds is 4. The van der Waals surface area contributed by atoms with Crippen LogP contribution in [0.1, 0.15) is 17.5 Å². The molecule has 0 aromatic heterocycles. The van der Waals surface area contributed by atoms with Gasteiger partial charge in [0, 0.05) is 11.8 Å². The Morgan fingerprint density at radius 2 is 2.00 bits per heavy atom. The van der Waals surface area contributed by atoms with E-state index in [-0.39, 0.29) is 5.82 Å². The summed E-state index contributed by atoms with van der Waals surface area (Å²) in [7, 11) is 0. The van der Waals surface area contributed by atoms with Crippen LogP contribution in [0.25, 0.3) is 0 Å². The average Bonchev–Trinajstić information content (AvgIpc) is 2.15. The van der Waals surface area contributed by atoms with E-state index in [1.807, 2.05) is 6.07 Å². The van der Waals surface area contributed by atoms with Gasteiger partial charge in [-0.1, -0.05) is 12.1 Å². The molecule has 1 aromatic carbocycles. The molecule has 0 aliphatic heterocycles. The molecule has 3 heteroatoms. The van der Waals surface area contributed by atoms with Crippen molar-refractivity contribution in [2.75, 3.05) is 5.88 Å². The third kappa shape index (κ3) is 2.85. The monoisotopic (exact) mass is 220 g/mol. The largest absolute Gasteiger partial charge is 0.207 e. The summed E-state index contributed by atoms with van der Waals surface area (Å²) < 4.78 is 13.3. The molecule has 0 nitrogen and oxygen atoms in total. The van der Waals surface area contributed by atoms with E-state index in [1.54, 1.807) is 6.07 Å². The Kier molecular flexibility index (Phi) is 4.54. The maximum atomic E-state index is 13.3. The lowest BCUT2D eigenvalue weighted by Crippen LogP contribution is -1.97. The molecule has 0 spiro atoms. The molecule has 0 fully saturated rings. The van der Waals surface area contributed by atoms with Crippen LogP contribution in [-0.4, -0.2) is 5.88 Å². The summed E-state index contributed by atoms with van der Waals surface area (Å²) in [6.45, 7) is 0. The van der Waals surface area contributed by atoms with Gasteiger partial charge in [-0.3, -0.25) is 0 Å². The Morgan fingerprint density at radius 3 is 2.62 bits per heavy atom. The van der Waals surface area contributed by atoms with Gasteiger partial charge in [0.1, 0.15) is 5.82 Å². The van der Waals surface area contributed by atoms with Gasteiger partial charge in [-0.15, -0.1) is 23.2 Å². The summed E-state index contributed by atoms with van der Waals surface area (Å²) in [4.78, 5) is 0. The van der Waals surface area contributed by atoms with Gasteiger partial charge in [-0.2, -0.15) is 0 Å². The molecular weight excluding hydrogens is 210 g/mol. The van der Waals surface area contributed by atoms with Gasteiger partial charge < -0.3 is 0 Å². The average molecular weight is 221 g/mol. The lowest BCUT2D eigenvalue weighted by Gasteiger charge is -2.06. The van der Waals surface area contributed by atoms with Crippen molar-refractivity contribution in [2.24, 2.45) is 0 Å². The Morgan fingerprint density at radius 1 is 1.23 bits per heavy atom. The number of hydrogen-bond donors (Lipinski definition) is 0. The SMILES string of the molecule is Fc1cccc(CCl)c1CCCCl. The minimum atomic E-state index is -0.178. The van der Waals surface area contributed by atoms with Crippen molar-refractivity contribution >= 4 is 23.2 Å². The topological polar surface area (TPSA) is 0 Å². The Hall–Kier alpha value is -0.270. The van der Waals surface area contributed by atoms with Gasteiger partial charge >= 0.3 is 0 Å². The fourth-order valence-electron chi connectivity index (χ4n) is 1.25. The van der Waals surface area contributed by atoms with Gasteiger partial charge in [-0.05, 0) is 30.0 Å². The molecule has 0 atom stereocenters. The van der Waals surface area contributed by atoms with Crippen LogP contribution >= 0.6 is 23.2 Å². The quantitative estimate of drug-likeness (QED) is 0.679. The van der Waals surface area contributed by atoms with Crippen molar-refractivity contribution in [3.05, 3.63) is 35.1 Å². The molecule has 72 valence electrons. The van der Waals surface area contributed by atoms with Gasteiger partial charge in [-0.25, -0.2) is 4.39 Å². The number of alkyl halides is 2. The lowest BCUT2D eigenvalue weighted by molar-refractivity contribution is 0.605. The molecule has 0 saturated heterocycles. The van der Waals surface area contributed by atoms with Crippen LogP contribution in [0.2, 0.25) is 0 Å². The van der Waals surface area contributed by atoms with Crippen molar-refractivity contribution < 1.29 is 4.39 Å². The summed E-state index contributed by atoms with van der Waals surface area (Å²) in [6, 6.07) is 4.98. The highest BCUT2D eigenvalue weighted by molar-refractivity contribution is 6.18. The van der Waals surface area contributed by atoms with Crippen molar-refractivity contribution in [3.8, 4) is 0 Å². The number of hydrogen-bond acceptors (Lipinski definition) is 0. The summed E-state index contributed by atoms with van der Waals surface area (Å²) in [5, 5.41) is 0. The van der Waals surface area contributed by atoms with Crippen LogP contribution in [0.3, 0.4) is 0 Å². The maximum absolute atomic E-state index is 13.3. The molecule has 0 unspecified atom stereocenters. The molecule has 1 aromatic rings. The summed E-state index contributed by atoms with van der Waals surface area (Å²) in [6.07, 6.45) is 1.45. The van der Waals surface area contributed by atoms with Crippen molar-refractivity contribution in [2.45, 2.75) is 18.7 Å². The van der Waals surface area contributed by atoms with Gasteiger partial charge in [0.2, 0.25) is 0 Å². The lowest BCUT2D eigenvalue weighted by atomic mass is 10.0. The highest BCUT2D eigenvalue weighted by Crippen LogP contribution is 2.17. The Bertz CT molecular complexity index is 274. The highest BCUT2D eigenvalue weighted by Gasteiger charge is 2.06. The molecule has 0 saturated carbocycles. The maximum Gasteiger partial charge on any atom is 0.126 e. The zero-order chi connectivity index (χ0) is 9.68.